The fourth-order valence-corrected chi connectivity index (χ4v) is 2.01. The third-order valence-corrected chi connectivity index (χ3v) is 2.65. The number of thioether (sulfide) groups is 1. The maximum atomic E-state index is 5.83. The predicted octanol–water partition coefficient (Wildman–Crippen LogP) is 2.65. The molecule has 0 heterocycles. The van der Waals surface area contributed by atoms with E-state index < -0.39 is 0 Å². The van der Waals surface area contributed by atoms with Gasteiger partial charge >= 0.3 is 0 Å². The predicted molar refractivity (Wildman–Crippen MR) is 56.1 cm³/mol. The smallest absolute Gasteiger partial charge is 0.0417 e. The van der Waals surface area contributed by atoms with Gasteiger partial charge in [-0.3, -0.25) is 0 Å². The summed E-state index contributed by atoms with van der Waals surface area (Å²) in [5.41, 5.74) is 0. The van der Waals surface area contributed by atoms with E-state index in [0.29, 0.717) is 0 Å². The first kappa shape index (κ1) is 9.90. The van der Waals surface area contributed by atoms with Crippen molar-refractivity contribution in [2.75, 3.05) is 19.3 Å². The van der Waals surface area contributed by atoms with Crippen molar-refractivity contribution in [1.29, 1.82) is 0 Å². The lowest BCUT2D eigenvalue weighted by molar-refractivity contribution is 0.872. The third-order valence-electron chi connectivity index (χ3n) is 1.42. The van der Waals surface area contributed by atoms with Crippen LogP contribution in [0.25, 0.3) is 0 Å². The van der Waals surface area contributed by atoms with Crippen molar-refractivity contribution in [2.45, 2.75) is 4.90 Å². The van der Waals surface area contributed by atoms with Crippen LogP contribution in [0, 0.1) is 0 Å². The molecular weight excluding hydrogens is 190 g/mol. The lowest BCUT2D eigenvalue weighted by Crippen LogP contribution is -2.09. The van der Waals surface area contributed by atoms with Gasteiger partial charge in [0.2, 0.25) is 0 Å². The summed E-state index contributed by atoms with van der Waals surface area (Å²) >= 11 is 7.64. The number of hydrogen-bond donors (Lipinski definition) is 1. The van der Waals surface area contributed by atoms with Gasteiger partial charge in [0.05, 0.1) is 0 Å². The highest BCUT2D eigenvalue weighted by atomic mass is 35.5. The molecule has 1 aromatic carbocycles. The fourth-order valence-electron chi connectivity index (χ4n) is 0.828. The van der Waals surface area contributed by atoms with Crippen molar-refractivity contribution < 1.29 is 0 Å². The quantitative estimate of drug-likeness (QED) is 0.594. The zero-order valence-electron chi connectivity index (χ0n) is 7.01. The Hall–Kier alpha value is -0.180. The summed E-state index contributed by atoms with van der Waals surface area (Å²) in [7, 11) is 1.96. The number of rotatable bonds is 4. The summed E-state index contributed by atoms with van der Waals surface area (Å²) in [5.74, 6) is 1.08. The van der Waals surface area contributed by atoms with Crippen molar-refractivity contribution in [3.8, 4) is 0 Å². The minimum atomic E-state index is 0.810. The van der Waals surface area contributed by atoms with E-state index in [4.69, 9.17) is 11.6 Å². The number of nitrogens with one attached hydrogen (secondary N) is 1. The first-order valence-electron chi connectivity index (χ1n) is 3.86. The zero-order valence-corrected chi connectivity index (χ0v) is 8.58. The third kappa shape index (κ3) is 3.48. The van der Waals surface area contributed by atoms with Crippen LogP contribution in [0.15, 0.2) is 29.2 Å². The van der Waals surface area contributed by atoms with E-state index >= 15 is 0 Å². The second kappa shape index (κ2) is 5.46. The molecule has 3 heteroatoms. The van der Waals surface area contributed by atoms with Gasteiger partial charge in [-0.1, -0.05) is 17.7 Å². The van der Waals surface area contributed by atoms with Gasteiger partial charge in [-0.25, -0.2) is 0 Å². The monoisotopic (exact) mass is 201 g/mol. The topological polar surface area (TPSA) is 12.0 Å². The molecule has 0 radical (unpaired) electrons. The van der Waals surface area contributed by atoms with E-state index in [0.717, 1.165) is 17.3 Å². The molecule has 12 heavy (non-hydrogen) atoms. The van der Waals surface area contributed by atoms with Crippen LogP contribution in [0.2, 0.25) is 5.02 Å². The maximum Gasteiger partial charge on any atom is 0.0417 e. The number of hydrogen-bond acceptors (Lipinski definition) is 2. The molecule has 0 spiro atoms. The molecular formula is C9H12ClNS. The first-order valence-corrected chi connectivity index (χ1v) is 5.22. The summed E-state index contributed by atoms with van der Waals surface area (Å²) < 4.78 is 0. The van der Waals surface area contributed by atoms with Crippen LogP contribution in [0.3, 0.4) is 0 Å². The van der Waals surface area contributed by atoms with Gasteiger partial charge < -0.3 is 5.32 Å². The molecule has 0 atom stereocenters. The van der Waals surface area contributed by atoms with Crippen molar-refractivity contribution >= 4 is 23.4 Å². The molecule has 0 saturated carbocycles. The van der Waals surface area contributed by atoms with E-state index in [2.05, 4.69) is 11.4 Å². The Morgan fingerprint density at radius 3 is 3.00 bits per heavy atom. The lowest BCUT2D eigenvalue weighted by Gasteiger charge is -2.00. The Morgan fingerprint density at radius 1 is 1.50 bits per heavy atom. The van der Waals surface area contributed by atoms with Crippen molar-refractivity contribution in [1.82, 2.24) is 5.32 Å². The van der Waals surface area contributed by atoms with E-state index in [1.807, 2.05) is 37.0 Å². The minimum Gasteiger partial charge on any atom is -0.319 e. The van der Waals surface area contributed by atoms with Gasteiger partial charge in [0.1, 0.15) is 0 Å². The molecule has 0 aliphatic carbocycles. The van der Waals surface area contributed by atoms with Gasteiger partial charge in [0.25, 0.3) is 0 Å². The summed E-state index contributed by atoms with van der Waals surface area (Å²) in [6.45, 7) is 1.02. The Labute approximate surface area is 82.5 Å². The number of halogens is 1. The molecule has 0 aliphatic rings. The second-order valence-electron chi connectivity index (χ2n) is 2.41. The van der Waals surface area contributed by atoms with Crippen LogP contribution in [-0.2, 0) is 0 Å². The van der Waals surface area contributed by atoms with Gasteiger partial charge in [-0.15, -0.1) is 11.8 Å². The number of benzene rings is 1. The van der Waals surface area contributed by atoms with E-state index in [-0.39, 0.29) is 0 Å². The summed E-state index contributed by atoms with van der Waals surface area (Å²) in [6.07, 6.45) is 0. The van der Waals surface area contributed by atoms with Crippen LogP contribution in [0.4, 0.5) is 0 Å². The molecule has 0 aliphatic heterocycles. The largest absolute Gasteiger partial charge is 0.319 e. The van der Waals surface area contributed by atoms with E-state index in [9.17, 15) is 0 Å². The molecule has 1 aromatic rings. The molecule has 1 N–H and O–H groups in total. The Bertz CT molecular complexity index is 240. The van der Waals surface area contributed by atoms with Crippen molar-refractivity contribution in [3.63, 3.8) is 0 Å². The Kier molecular flexibility index (Phi) is 4.51. The van der Waals surface area contributed by atoms with Crippen molar-refractivity contribution in [2.24, 2.45) is 0 Å². The first-order chi connectivity index (χ1) is 5.83. The van der Waals surface area contributed by atoms with Gasteiger partial charge in [0.15, 0.2) is 0 Å². The van der Waals surface area contributed by atoms with E-state index in [1.165, 1.54) is 4.90 Å². The molecule has 66 valence electrons. The molecule has 1 rings (SSSR count). The molecule has 0 amide bonds. The van der Waals surface area contributed by atoms with Gasteiger partial charge in [-0.05, 0) is 25.2 Å². The molecule has 0 unspecified atom stereocenters. The van der Waals surface area contributed by atoms with Crippen LogP contribution in [0.5, 0.6) is 0 Å². The highest BCUT2D eigenvalue weighted by Crippen LogP contribution is 2.20. The second-order valence-corrected chi connectivity index (χ2v) is 4.01. The average Bonchev–Trinajstić information content (AvgIpc) is 2.05. The molecule has 0 bridgehead atoms. The normalized spacial score (nSPS) is 10.2. The zero-order chi connectivity index (χ0) is 8.81. The molecule has 0 aromatic heterocycles. The Balaban J connectivity index is 2.41. The summed E-state index contributed by atoms with van der Waals surface area (Å²) in [6, 6.07) is 7.93. The van der Waals surface area contributed by atoms with Crippen LogP contribution in [0.1, 0.15) is 0 Å². The molecule has 1 nitrogen and oxygen atoms in total. The lowest BCUT2D eigenvalue weighted by atomic mass is 10.4. The standard InChI is InChI=1S/C9H12ClNS/c1-11-5-6-12-9-4-2-3-8(10)7-9/h2-4,7,11H,5-6H2,1H3. The van der Waals surface area contributed by atoms with Crippen molar-refractivity contribution in [3.05, 3.63) is 29.3 Å². The van der Waals surface area contributed by atoms with Gasteiger partial charge in [-0.2, -0.15) is 0 Å². The minimum absolute atomic E-state index is 0.810. The SMILES string of the molecule is CNCCSc1cccc(Cl)c1. The molecule has 0 saturated heterocycles. The summed E-state index contributed by atoms with van der Waals surface area (Å²) in [5, 5.41) is 3.91. The van der Waals surface area contributed by atoms with E-state index in [1.54, 1.807) is 0 Å². The van der Waals surface area contributed by atoms with Gasteiger partial charge in [0, 0.05) is 22.2 Å². The highest BCUT2D eigenvalue weighted by molar-refractivity contribution is 7.99. The van der Waals surface area contributed by atoms with Crippen LogP contribution < -0.4 is 5.32 Å². The average molecular weight is 202 g/mol. The maximum absolute atomic E-state index is 5.83. The summed E-state index contributed by atoms with van der Waals surface area (Å²) in [4.78, 5) is 1.23. The fraction of sp³-hybridized carbons (Fsp3) is 0.333. The van der Waals surface area contributed by atoms with Crippen LogP contribution in [-0.4, -0.2) is 19.3 Å². The molecule has 0 fully saturated rings. The Morgan fingerprint density at radius 2 is 2.33 bits per heavy atom. The highest BCUT2D eigenvalue weighted by Gasteiger charge is 1.93. The van der Waals surface area contributed by atoms with Crippen LogP contribution >= 0.6 is 23.4 Å².